The number of nitrogens with one attached hydrogen (secondary N) is 2. The molecule has 0 spiro atoms. The number of aromatic nitrogens is 1. The Hall–Kier alpha value is -2.03. The van der Waals surface area contributed by atoms with Crippen LogP contribution in [-0.4, -0.2) is 16.9 Å². The van der Waals surface area contributed by atoms with Crippen LogP contribution in [0.2, 0.25) is 0 Å². The van der Waals surface area contributed by atoms with E-state index in [9.17, 15) is 4.79 Å². The monoisotopic (exact) mass is 280 g/mol. The topological polar surface area (TPSA) is 44.9 Å². The molecule has 1 aliphatic carbocycles. The van der Waals surface area contributed by atoms with Gasteiger partial charge in [0.2, 0.25) is 0 Å². The number of benzene rings is 1. The van der Waals surface area contributed by atoms with E-state index in [0.29, 0.717) is 11.8 Å². The second-order valence-electron chi connectivity index (χ2n) is 6.37. The van der Waals surface area contributed by atoms with Crippen molar-refractivity contribution in [2.45, 2.75) is 38.6 Å². The third kappa shape index (κ3) is 1.76. The Balaban J connectivity index is 1.93. The molecule has 2 N–H and O–H groups in total. The Bertz CT molecular complexity index is 756. The number of hydrogen-bond donors (Lipinski definition) is 2. The lowest BCUT2D eigenvalue weighted by atomic mass is 9.74. The molecule has 1 fully saturated rings. The first-order valence-corrected chi connectivity index (χ1v) is 7.75. The van der Waals surface area contributed by atoms with Gasteiger partial charge in [0.25, 0.3) is 5.91 Å². The Morgan fingerprint density at radius 2 is 2.10 bits per heavy atom. The van der Waals surface area contributed by atoms with Crippen LogP contribution in [0.15, 0.2) is 35.9 Å². The number of H-pyrrole nitrogens is 1. The summed E-state index contributed by atoms with van der Waals surface area (Å²) in [6.45, 7) is 4.38. The van der Waals surface area contributed by atoms with Gasteiger partial charge in [0.15, 0.2) is 0 Å². The molecule has 3 nitrogen and oxygen atoms in total. The van der Waals surface area contributed by atoms with E-state index >= 15 is 0 Å². The third-order valence-corrected chi connectivity index (χ3v) is 5.19. The molecule has 1 aliphatic heterocycles. The van der Waals surface area contributed by atoms with Crippen LogP contribution in [0, 0.1) is 5.92 Å². The average molecular weight is 280 g/mol. The van der Waals surface area contributed by atoms with Crippen molar-refractivity contribution < 1.29 is 4.79 Å². The Morgan fingerprint density at radius 3 is 2.90 bits per heavy atom. The number of amides is 1. The van der Waals surface area contributed by atoms with E-state index in [-0.39, 0.29) is 11.9 Å². The SMILES string of the molecule is C/C=C1\CC(C)C2CC1NC(=O)c1c2[nH]c2ccccc12. The summed E-state index contributed by atoms with van der Waals surface area (Å²) in [6, 6.07) is 8.31. The van der Waals surface area contributed by atoms with Gasteiger partial charge in [-0.3, -0.25) is 4.79 Å². The molecule has 1 aromatic carbocycles. The van der Waals surface area contributed by atoms with Gasteiger partial charge < -0.3 is 10.3 Å². The van der Waals surface area contributed by atoms with E-state index in [2.05, 4.69) is 36.3 Å². The lowest BCUT2D eigenvalue weighted by molar-refractivity contribution is 0.0943. The molecule has 3 unspecified atom stereocenters. The molecule has 0 radical (unpaired) electrons. The Morgan fingerprint density at radius 1 is 1.29 bits per heavy atom. The number of carbonyl (C=O) groups is 1. The molecule has 3 atom stereocenters. The molecule has 2 heterocycles. The van der Waals surface area contributed by atoms with Crippen molar-refractivity contribution in [2.24, 2.45) is 5.92 Å². The summed E-state index contributed by atoms with van der Waals surface area (Å²) < 4.78 is 0. The van der Waals surface area contributed by atoms with Crippen molar-refractivity contribution in [3.63, 3.8) is 0 Å². The van der Waals surface area contributed by atoms with Crippen molar-refractivity contribution in [2.75, 3.05) is 0 Å². The highest BCUT2D eigenvalue weighted by Gasteiger charge is 2.39. The summed E-state index contributed by atoms with van der Waals surface area (Å²) in [5.41, 5.74) is 4.45. The molecule has 1 amide bonds. The van der Waals surface area contributed by atoms with Crippen LogP contribution < -0.4 is 5.32 Å². The maximum atomic E-state index is 12.7. The van der Waals surface area contributed by atoms with Gasteiger partial charge in [0.05, 0.1) is 11.6 Å². The molecule has 2 aromatic rings. The summed E-state index contributed by atoms with van der Waals surface area (Å²) in [6.07, 6.45) is 4.25. The molecular formula is C18H20N2O. The first-order chi connectivity index (χ1) is 10.2. The number of rotatable bonds is 0. The summed E-state index contributed by atoms with van der Waals surface area (Å²) >= 11 is 0. The van der Waals surface area contributed by atoms with Gasteiger partial charge in [-0.2, -0.15) is 0 Å². The molecule has 4 rings (SSSR count). The minimum absolute atomic E-state index is 0.0726. The zero-order chi connectivity index (χ0) is 14.6. The van der Waals surface area contributed by atoms with Crippen LogP contribution in [0.5, 0.6) is 0 Å². The van der Waals surface area contributed by atoms with Gasteiger partial charge in [-0.05, 0) is 31.7 Å². The molecule has 2 bridgehead atoms. The number of allylic oxidation sites excluding steroid dienone is 1. The Labute approximate surface area is 124 Å². The van der Waals surface area contributed by atoms with Crippen LogP contribution in [0.1, 0.15) is 48.7 Å². The van der Waals surface area contributed by atoms with Gasteiger partial charge in [-0.25, -0.2) is 0 Å². The highest BCUT2D eigenvalue weighted by Crippen LogP contribution is 2.44. The fraction of sp³-hybridized carbons (Fsp3) is 0.389. The van der Waals surface area contributed by atoms with Crippen molar-refractivity contribution in [3.05, 3.63) is 47.2 Å². The summed E-state index contributed by atoms with van der Waals surface area (Å²) in [5.74, 6) is 1.07. The first-order valence-electron chi connectivity index (χ1n) is 7.75. The lowest BCUT2D eigenvalue weighted by Crippen LogP contribution is -2.38. The maximum Gasteiger partial charge on any atom is 0.254 e. The largest absolute Gasteiger partial charge is 0.357 e. The second-order valence-corrected chi connectivity index (χ2v) is 6.37. The average Bonchev–Trinajstić information content (AvgIpc) is 2.82. The standard InChI is InChI=1S/C18H20N2O/c1-3-11-8-10(2)13-9-15(11)20-18(21)16-12-6-4-5-7-14(12)19-17(13)16/h3-7,10,13,15,19H,8-9H2,1-2H3,(H,20,21)/b11-3+. The van der Waals surface area contributed by atoms with E-state index in [1.807, 2.05) is 18.2 Å². The quantitative estimate of drug-likeness (QED) is 0.709. The number of fused-ring (bicyclic) bond motifs is 6. The van der Waals surface area contributed by atoms with Crippen LogP contribution in [0.4, 0.5) is 0 Å². The van der Waals surface area contributed by atoms with Crippen LogP contribution in [-0.2, 0) is 0 Å². The highest BCUT2D eigenvalue weighted by atomic mass is 16.1. The van der Waals surface area contributed by atoms with E-state index in [0.717, 1.165) is 35.0 Å². The normalized spacial score (nSPS) is 30.1. The van der Waals surface area contributed by atoms with Gasteiger partial charge >= 0.3 is 0 Å². The third-order valence-electron chi connectivity index (χ3n) is 5.19. The van der Waals surface area contributed by atoms with Crippen LogP contribution >= 0.6 is 0 Å². The zero-order valence-corrected chi connectivity index (χ0v) is 12.4. The number of para-hydroxylation sites is 1. The smallest absolute Gasteiger partial charge is 0.254 e. The molecule has 2 aliphatic rings. The summed E-state index contributed by atoms with van der Waals surface area (Å²) in [7, 11) is 0. The Kier molecular flexibility index (Phi) is 2.71. The fourth-order valence-electron chi connectivity index (χ4n) is 4.08. The molecule has 1 aromatic heterocycles. The van der Waals surface area contributed by atoms with Crippen molar-refractivity contribution in [1.82, 2.24) is 10.3 Å². The summed E-state index contributed by atoms with van der Waals surface area (Å²) in [4.78, 5) is 16.3. The minimum Gasteiger partial charge on any atom is -0.357 e. The van der Waals surface area contributed by atoms with E-state index in [4.69, 9.17) is 0 Å². The number of aromatic amines is 1. The molecule has 0 saturated heterocycles. The van der Waals surface area contributed by atoms with Gasteiger partial charge in [0.1, 0.15) is 0 Å². The van der Waals surface area contributed by atoms with Crippen LogP contribution in [0.25, 0.3) is 10.9 Å². The predicted molar refractivity (Wildman–Crippen MR) is 84.4 cm³/mol. The van der Waals surface area contributed by atoms with Gasteiger partial charge in [-0.15, -0.1) is 0 Å². The molecule has 108 valence electrons. The van der Waals surface area contributed by atoms with E-state index < -0.39 is 0 Å². The van der Waals surface area contributed by atoms with Crippen molar-refractivity contribution >= 4 is 16.8 Å². The fourth-order valence-corrected chi connectivity index (χ4v) is 4.08. The van der Waals surface area contributed by atoms with Gasteiger partial charge in [0, 0.05) is 22.5 Å². The van der Waals surface area contributed by atoms with E-state index in [1.165, 1.54) is 5.57 Å². The summed E-state index contributed by atoms with van der Waals surface area (Å²) in [5, 5.41) is 4.29. The molecule has 1 saturated carbocycles. The second kappa shape index (κ2) is 4.48. The van der Waals surface area contributed by atoms with E-state index in [1.54, 1.807) is 0 Å². The van der Waals surface area contributed by atoms with Gasteiger partial charge in [-0.1, -0.05) is 36.8 Å². The highest BCUT2D eigenvalue weighted by molar-refractivity contribution is 6.09. The maximum absolute atomic E-state index is 12.7. The predicted octanol–water partition coefficient (Wildman–Crippen LogP) is 3.74. The molecular weight excluding hydrogens is 260 g/mol. The molecule has 21 heavy (non-hydrogen) atoms. The van der Waals surface area contributed by atoms with Crippen molar-refractivity contribution in [1.29, 1.82) is 0 Å². The number of hydrogen-bond acceptors (Lipinski definition) is 1. The molecule has 3 heteroatoms. The first kappa shape index (κ1) is 12.7. The minimum atomic E-state index is 0.0726. The lowest BCUT2D eigenvalue weighted by Gasteiger charge is -2.34. The zero-order valence-electron chi connectivity index (χ0n) is 12.4. The van der Waals surface area contributed by atoms with Crippen molar-refractivity contribution in [3.8, 4) is 0 Å². The van der Waals surface area contributed by atoms with Crippen LogP contribution in [0.3, 0.4) is 0 Å². The number of carbonyl (C=O) groups excluding carboxylic acids is 1.